The quantitative estimate of drug-likeness (QED) is 0.250. The second kappa shape index (κ2) is 10.0. The highest BCUT2D eigenvalue weighted by Crippen LogP contribution is 2.17. The first-order valence-corrected chi connectivity index (χ1v) is 10.2. The van der Waals surface area contributed by atoms with Crippen molar-refractivity contribution < 1.29 is 13.9 Å². The van der Waals surface area contributed by atoms with E-state index in [0.717, 1.165) is 48.8 Å². The lowest BCUT2D eigenvalue weighted by Crippen LogP contribution is -2.08. The predicted molar refractivity (Wildman–Crippen MR) is 115 cm³/mol. The molecular formula is C26H27FO2. The van der Waals surface area contributed by atoms with Gasteiger partial charge in [0, 0.05) is 0 Å². The van der Waals surface area contributed by atoms with E-state index in [4.69, 9.17) is 4.74 Å². The minimum atomic E-state index is -0.348. The van der Waals surface area contributed by atoms with Crippen molar-refractivity contribution in [3.63, 3.8) is 0 Å². The number of carbonyl (C=O) groups is 1. The van der Waals surface area contributed by atoms with Gasteiger partial charge in [-0.25, -0.2) is 9.18 Å². The molecule has 0 aliphatic rings. The standard InChI is InChI=1S/C26H27FO2/c1-3-22-15-10-21(18-25(22)27)7-5-4-6-20-11-16-24(17-12-20)29-26(28)23-13-8-19(2)9-14-23/h8-18H,3-7H2,1-2H3. The van der Waals surface area contributed by atoms with E-state index in [-0.39, 0.29) is 11.8 Å². The topological polar surface area (TPSA) is 26.3 Å². The van der Waals surface area contributed by atoms with Crippen molar-refractivity contribution in [2.24, 2.45) is 0 Å². The van der Waals surface area contributed by atoms with Crippen LogP contribution in [0.25, 0.3) is 0 Å². The molecule has 0 radical (unpaired) electrons. The molecule has 3 aromatic rings. The van der Waals surface area contributed by atoms with E-state index in [1.165, 1.54) is 5.56 Å². The molecule has 0 fully saturated rings. The fourth-order valence-electron chi connectivity index (χ4n) is 3.27. The molecule has 0 saturated carbocycles. The van der Waals surface area contributed by atoms with Gasteiger partial charge in [0.2, 0.25) is 0 Å². The summed E-state index contributed by atoms with van der Waals surface area (Å²) < 4.78 is 19.3. The Morgan fingerprint density at radius 2 is 1.48 bits per heavy atom. The summed E-state index contributed by atoms with van der Waals surface area (Å²) in [6, 6.07) is 20.6. The van der Waals surface area contributed by atoms with Crippen LogP contribution in [-0.2, 0) is 19.3 Å². The number of hydrogen-bond donors (Lipinski definition) is 0. The van der Waals surface area contributed by atoms with Crippen LogP contribution in [0.4, 0.5) is 4.39 Å². The normalized spacial score (nSPS) is 10.7. The van der Waals surface area contributed by atoms with Crippen LogP contribution in [0.5, 0.6) is 5.75 Å². The van der Waals surface area contributed by atoms with Crippen LogP contribution in [0.1, 0.15) is 52.4 Å². The molecule has 0 amide bonds. The molecule has 0 heterocycles. The number of hydrogen-bond acceptors (Lipinski definition) is 2. The predicted octanol–water partition coefficient (Wildman–Crippen LogP) is 6.48. The third kappa shape index (κ3) is 6.02. The summed E-state index contributed by atoms with van der Waals surface area (Å²) in [6.45, 7) is 3.95. The highest BCUT2D eigenvalue weighted by atomic mass is 19.1. The van der Waals surface area contributed by atoms with E-state index >= 15 is 0 Å². The first kappa shape index (κ1) is 20.8. The molecule has 0 bridgehead atoms. The van der Waals surface area contributed by atoms with Crippen molar-refractivity contribution >= 4 is 5.97 Å². The van der Waals surface area contributed by atoms with E-state index in [1.807, 2.05) is 62.4 Å². The Labute approximate surface area is 172 Å². The summed E-state index contributed by atoms with van der Waals surface area (Å²) in [5.41, 5.74) is 4.68. The Balaban J connectivity index is 1.45. The van der Waals surface area contributed by atoms with Crippen molar-refractivity contribution in [3.05, 3.63) is 100 Å². The third-order valence-corrected chi connectivity index (χ3v) is 5.10. The lowest BCUT2D eigenvalue weighted by atomic mass is 10.0. The molecule has 0 aromatic heterocycles. The maximum absolute atomic E-state index is 13.8. The molecule has 0 aliphatic heterocycles. The van der Waals surface area contributed by atoms with E-state index in [0.29, 0.717) is 11.3 Å². The second-order valence-electron chi connectivity index (χ2n) is 7.39. The van der Waals surface area contributed by atoms with Gasteiger partial charge in [-0.2, -0.15) is 0 Å². The van der Waals surface area contributed by atoms with Crippen LogP contribution in [0.15, 0.2) is 66.7 Å². The number of esters is 1. The van der Waals surface area contributed by atoms with Gasteiger partial charge in [0.25, 0.3) is 0 Å². The van der Waals surface area contributed by atoms with E-state index in [9.17, 15) is 9.18 Å². The Hall–Kier alpha value is -2.94. The average molecular weight is 390 g/mol. The molecule has 3 heteroatoms. The minimum Gasteiger partial charge on any atom is -0.423 e. The van der Waals surface area contributed by atoms with Crippen molar-refractivity contribution in [1.29, 1.82) is 0 Å². The van der Waals surface area contributed by atoms with E-state index in [2.05, 4.69) is 0 Å². The highest BCUT2D eigenvalue weighted by molar-refractivity contribution is 5.91. The number of aryl methyl sites for hydroxylation is 4. The summed E-state index contributed by atoms with van der Waals surface area (Å²) in [5, 5.41) is 0. The lowest BCUT2D eigenvalue weighted by molar-refractivity contribution is 0.0734. The first-order valence-electron chi connectivity index (χ1n) is 10.2. The first-order chi connectivity index (χ1) is 14.0. The fourth-order valence-corrected chi connectivity index (χ4v) is 3.27. The Kier molecular flexibility index (Phi) is 7.18. The van der Waals surface area contributed by atoms with Crippen molar-refractivity contribution in [1.82, 2.24) is 0 Å². The molecule has 0 spiro atoms. The molecule has 0 N–H and O–H groups in total. The zero-order valence-corrected chi connectivity index (χ0v) is 17.1. The summed E-state index contributed by atoms with van der Waals surface area (Å²) in [6.07, 6.45) is 4.59. The molecule has 3 rings (SSSR count). The third-order valence-electron chi connectivity index (χ3n) is 5.10. The van der Waals surface area contributed by atoms with Crippen molar-refractivity contribution in [3.8, 4) is 5.75 Å². The highest BCUT2D eigenvalue weighted by Gasteiger charge is 2.08. The van der Waals surface area contributed by atoms with Crippen LogP contribution in [0, 0.1) is 12.7 Å². The summed E-state index contributed by atoms with van der Waals surface area (Å²) in [4.78, 5) is 12.2. The number of halogens is 1. The molecule has 0 atom stereocenters. The Morgan fingerprint density at radius 3 is 2.10 bits per heavy atom. The zero-order chi connectivity index (χ0) is 20.6. The summed E-state index contributed by atoms with van der Waals surface area (Å²) in [7, 11) is 0. The fraction of sp³-hybridized carbons (Fsp3) is 0.269. The average Bonchev–Trinajstić information content (AvgIpc) is 2.73. The van der Waals surface area contributed by atoms with Crippen LogP contribution in [0.3, 0.4) is 0 Å². The van der Waals surface area contributed by atoms with E-state index < -0.39 is 0 Å². The SMILES string of the molecule is CCc1ccc(CCCCc2ccc(OC(=O)c3ccc(C)cc3)cc2)cc1F. The molecule has 3 aromatic carbocycles. The Morgan fingerprint density at radius 1 is 0.862 bits per heavy atom. The van der Waals surface area contributed by atoms with E-state index in [1.54, 1.807) is 18.2 Å². The van der Waals surface area contributed by atoms with Crippen molar-refractivity contribution in [2.45, 2.75) is 46.0 Å². The lowest BCUT2D eigenvalue weighted by Gasteiger charge is -2.07. The van der Waals surface area contributed by atoms with Gasteiger partial charge in [0.1, 0.15) is 11.6 Å². The van der Waals surface area contributed by atoms with Crippen LogP contribution in [-0.4, -0.2) is 5.97 Å². The number of benzene rings is 3. The van der Waals surface area contributed by atoms with Gasteiger partial charge in [-0.3, -0.25) is 0 Å². The van der Waals surface area contributed by atoms with Gasteiger partial charge in [-0.1, -0.05) is 48.9 Å². The number of unbranched alkanes of at least 4 members (excludes halogenated alkanes) is 1. The minimum absolute atomic E-state index is 0.0965. The molecular weight excluding hydrogens is 363 g/mol. The summed E-state index contributed by atoms with van der Waals surface area (Å²) >= 11 is 0. The molecule has 29 heavy (non-hydrogen) atoms. The number of carbonyl (C=O) groups excluding carboxylic acids is 1. The van der Waals surface area contributed by atoms with Crippen LogP contribution in [0.2, 0.25) is 0 Å². The zero-order valence-electron chi connectivity index (χ0n) is 17.1. The molecule has 150 valence electrons. The van der Waals surface area contributed by atoms with Crippen molar-refractivity contribution in [2.75, 3.05) is 0 Å². The van der Waals surface area contributed by atoms with Gasteiger partial charge >= 0.3 is 5.97 Å². The van der Waals surface area contributed by atoms with Crippen LogP contribution >= 0.6 is 0 Å². The monoisotopic (exact) mass is 390 g/mol. The molecule has 0 unspecified atom stereocenters. The van der Waals surface area contributed by atoms with Gasteiger partial charge in [0.15, 0.2) is 0 Å². The van der Waals surface area contributed by atoms with Gasteiger partial charge in [-0.05, 0) is 86.1 Å². The van der Waals surface area contributed by atoms with Gasteiger partial charge in [-0.15, -0.1) is 0 Å². The van der Waals surface area contributed by atoms with Gasteiger partial charge < -0.3 is 4.74 Å². The number of ether oxygens (including phenoxy) is 1. The largest absolute Gasteiger partial charge is 0.423 e. The molecule has 2 nitrogen and oxygen atoms in total. The Bertz CT molecular complexity index is 943. The molecule has 0 saturated heterocycles. The van der Waals surface area contributed by atoms with Crippen LogP contribution < -0.4 is 4.74 Å². The summed E-state index contributed by atoms with van der Waals surface area (Å²) in [5.74, 6) is 0.102. The number of rotatable bonds is 8. The van der Waals surface area contributed by atoms with Gasteiger partial charge in [0.05, 0.1) is 5.56 Å². The maximum atomic E-state index is 13.8. The molecule has 0 aliphatic carbocycles. The smallest absolute Gasteiger partial charge is 0.343 e. The second-order valence-corrected chi connectivity index (χ2v) is 7.39. The maximum Gasteiger partial charge on any atom is 0.343 e.